The van der Waals surface area contributed by atoms with Gasteiger partial charge in [0.1, 0.15) is 10.00 Å². The van der Waals surface area contributed by atoms with Gasteiger partial charge in [0.05, 0.1) is 6.54 Å². The van der Waals surface area contributed by atoms with E-state index in [0.29, 0.717) is 11.5 Å². The number of rotatable bonds is 4. The van der Waals surface area contributed by atoms with E-state index in [1.165, 1.54) is 0 Å². The van der Waals surface area contributed by atoms with Crippen molar-refractivity contribution < 1.29 is 0 Å². The maximum atomic E-state index is 5.73. The molecule has 0 aliphatic carbocycles. The van der Waals surface area contributed by atoms with Gasteiger partial charge in [-0.2, -0.15) is 0 Å². The minimum absolute atomic E-state index is 0.413. The van der Waals surface area contributed by atoms with Crippen molar-refractivity contribution in [3.05, 3.63) is 45.4 Å². The molecule has 94 valence electrons. The number of aryl methyl sites for hydroxylation is 2. The van der Waals surface area contributed by atoms with Gasteiger partial charge in [0.15, 0.2) is 0 Å². The van der Waals surface area contributed by atoms with Crippen molar-refractivity contribution in [3.63, 3.8) is 0 Å². The van der Waals surface area contributed by atoms with Crippen LogP contribution in [-0.4, -0.2) is 9.97 Å². The summed E-state index contributed by atoms with van der Waals surface area (Å²) in [5.74, 6) is 0. The Morgan fingerprint density at radius 3 is 2.83 bits per heavy atom. The molecule has 0 saturated heterocycles. The Morgan fingerprint density at radius 2 is 2.22 bits per heavy atom. The summed E-state index contributed by atoms with van der Waals surface area (Å²) in [5, 5.41) is 6.43. The third kappa shape index (κ3) is 3.05. The zero-order chi connectivity index (χ0) is 13.1. The Bertz CT molecular complexity index is 575. The summed E-state index contributed by atoms with van der Waals surface area (Å²) in [4.78, 5) is 4.82. The topological polar surface area (TPSA) is 50.9 Å². The molecule has 1 aromatic carbocycles. The van der Waals surface area contributed by atoms with E-state index in [1.807, 2.05) is 37.4 Å². The third-order valence-electron chi connectivity index (χ3n) is 2.54. The Kier molecular flexibility index (Phi) is 3.93. The van der Waals surface area contributed by atoms with E-state index in [4.69, 9.17) is 18.0 Å². The van der Waals surface area contributed by atoms with Crippen molar-refractivity contribution in [2.75, 3.05) is 5.32 Å². The molecule has 0 aliphatic rings. The molecule has 0 saturated carbocycles. The molecule has 2 aromatic rings. The van der Waals surface area contributed by atoms with E-state index in [0.717, 1.165) is 27.5 Å². The smallest absolute Gasteiger partial charge is 0.112 e. The number of nitrogens with two attached hydrogens (primary N) is 1. The number of nitrogens with one attached hydrogen (secondary N) is 1. The molecule has 2 rings (SSSR count). The van der Waals surface area contributed by atoms with Crippen LogP contribution < -0.4 is 11.1 Å². The van der Waals surface area contributed by atoms with Crippen LogP contribution in [0, 0.1) is 13.8 Å². The van der Waals surface area contributed by atoms with Crippen LogP contribution in [0.25, 0.3) is 0 Å². The largest absolute Gasteiger partial charge is 0.389 e. The molecular formula is C13H15N3S2. The van der Waals surface area contributed by atoms with Crippen molar-refractivity contribution in [3.8, 4) is 0 Å². The summed E-state index contributed by atoms with van der Waals surface area (Å²) >= 11 is 6.72. The van der Waals surface area contributed by atoms with Gasteiger partial charge in [-0.25, -0.2) is 4.98 Å². The van der Waals surface area contributed by atoms with Crippen LogP contribution in [0.2, 0.25) is 0 Å². The molecule has 0 atom stereocenters. The lowest BCUT2D eigenvalue weighted by atomic mass is 10.1. The van der Waals surface area contributed by atoms with Crippen LogP contribution in [0.15, 0.2) is 23.6 Å². The first-order chi connectivity index (χ1) is 8.56. The molecule has 0 amide bonds. The van der Waals surface area contributed by atoms with E-state index >= 15 is 0 Å². The molecule has 0 bridgehead atoms. The van der Waals surface area contributed by atoms with Crippen LogP contribution in [0.4, 0.5) is 5.69 Å². The normalized spacial score (nSPS) is 10.3. The molecule has 0 spiro atoms. The third-order valence-corrected chi connectivity index (χ3v) is 3.72. The highest BCUT2D eigenvalue weighted by molar-refractivity contribution is 7.80. The van der Waals surface area contributed by atoms with Crippen molar-refractivity contribution >= 4 is 34.2 Å². The number of hydrogen-bond donors (Lipinski definition) is 2. The second-order valence-corrected chi connectivity index (χ2v) is 5.53. The number of thiazole rings is 1. The van der Waals surface area contributed by atoms with E-state index in [2.05, 4.69) is 10.3 Å². The lowest BCUT2D eigenvalue weighted by molar-refractivity contribution is 1.07. The molecular weight excluding hydrogens is 262 g/mol. The summed E-state index contributed by atoms with van der Waals surface area (Å²) in [7, 11) is 0. The predicted molar refractivity (Wildman–Crippen MR) is 81.2 cm³/mol. The lowest BCUT2D eigenvalue weighted by Crippen LogP contribution is -2.13. The molecule has 0 unspecified atom stereocenters. The van der Waals surface area contributed by atoms with Gasteiger partial charge in [-0.15, -0.1) is 11.3 Å². The minimum Gasteiger partial charge on any atom is -0.389 e. The summed E-state index contributed by atoms with van der Waals surface area (Å²) < 4.78 is 0. The SMILES string of the molecule is Cc1ccc(NCc2nc(C)cs2)c(C(N)=S)c1. The molecule has 0 radical (unpaired) electrons. The Labute approximate surface area is 116 Å². The Hall–Kier alpha value is -1.46. The number of aromatic nitrogens is 1. The van der Waals surface area contributed by atoms with E-state index in [9.17, 15) is 0 Å². The molecule has 5 heteroatoms. The van der Waals surface area contributed by atoms with Crippen molar-refractivity contribution in [2.24, 2.45) is 5.73 Å². The lowest BCUT2D eigenvalue weighted by Gasteiger charge is -2.11. The van der Waals surface area contributed by atoms with Crippen molar-refractivity contribution in [1.29, 1.82) is 0 Å². The minimum atomic E-state index is 0.413. The zero-order valence-corrected chi connectivity index (χ0v) is 12.0. The molecule has 1 heterocycles. The maximum Gasteiger partial charge on any atom is 0.112 e. The highest BCUT2D eigenvalue weighted by Gasteiger charge is 2.06. The van der Waals surface area contributed by atoms with Gasteiger partial charge in [-0.1, -0.05) is 23.8 Å². The van der Waals surface area contributed by atoms with Gasteiger partial charge in [0.2, 0.25) is 0 Å². The fourth-order valence-electron chi connectivity index (χ4n) is 1.67. The number of anilines is 1. The van der Waals surface area contributed by atoms with E-state index < -0.39 is 0 Å². The first-order valence-corrected chi connectivity index (χ1v) is 6.90. The summed E-state index contributed by atoms with van der Waals surface area (Å²) in [6.45, 7) is 4.71. The molecule has 0 aliphatic heterocycles. The average molecular weight is 277 g/mol. The Morgan fingerprint density at radius 1 is 1.44 bits per heavy atom. The first kappa shape index (κ1) is 13.0. The predicted octanol–water partition coefficient (Wildman–Crippen LogP) is 3.01. The van der Waals surface area contributed by atoms with Crippen LogP contribution in [0.1, 0.15) is 21.8 Å². The van der Waals surface area contributed by atoms with Gasteiger partial charge in [-0.3, -0.25) is 0 Å². The molecule has 0 fully saturated rings. The quantitative estimate of drug-likeness (QED) is 0.844. The monoisotopic (exact) mass is 277 g/mol. The van der Waals surface area contributed by atoms with Crippen LogP contribution in [0.5, 0.6) is 0 Å². The fourth-order valence-corrected chi connectivity index (χ4v) is 2.55. The van der Waals surface area contributed by atoms with Gasteiger partial charge in [0, 0.05) is 22.3 Å². The standard InChI is InChI=1S/C13H15N3S2/c1-8-3-4-11(10(5-8)13(14)17)15-6-12-16-9(2)7-18-12/h3-5,7,15H,6H2,1-2H3,(H2,14,17). The van der Waals surface area contributed by atoms with Gasteiger partial charge in [0.25, 0.3) is 0 Å². The van der Waals surface area contributed by atoms with Crippen LogP contribution in [0.3, 0.4) is 0 Å². The van der Waals surface area contributed by atoms with Gasteiger partial charge in [-0.05, 0) is 26.0 Å². The Balaban J connectivity index is 2.16. The summed E-state index contributed by atoms with van der Waals surface area (Å²) in [6.07, 6.45) is 0. The summed E-state index contributed by atoms with van der Waals surface area (Å²) in [6, 6.07) is 6.04. The second-order valence-electron chi connectivity index (χ2n) is 4.15. The highest BCUT2D eigenvalue weighted by Crippen LogP contribution is 2.19. The van der Waals surface area contributed by atoms with Crippen molar-refractivity contribution in [1.82, 2.24) is 4.98 Å². The number of thiocarbonyl (C=S) groups is 1. The van der Waals surface area contributed by atoms with E-state index in [-0.39, 0.29) is 0 Å². The number of nitrogens with zero attached hydrogens (tertiary/aromatic N) is 1. The maximum absolute atomic E-state index is 5.73. The summed E-state index contributed by atoms with van der Waals surface area (Å²) in [5.41, 5.74) is 9.78. The first-order valence-electron chi connectivity index (χ1n) is 5.61. The second kappa shape index (κ2) is 5.46. The van der Waals surface area contributed by atoms with Crippen LogP contribution in [-0.2, 0) is 6.54 Å². The van der Waals surface area contributed by atoms with E-state index in [1.54, 1.807) is 11.3 Å². The number of benzene rings is 1. The molecule has 3 nitrogen and oxygen atoms in total. The van der Waals surface area contributed by atoms with Gasteiger partial charge < -0.3 is 11.1 Å². The zero-order valence-electron chi connectivity index (χ0n) is 10.4. The molecule has 18 heavy (non-hydrogen) atoms. The number of hydrogen-bond acceptors (Lipinski definition) is 4. The van der Waals surface area contributed by atoms with Gasteiger partial charge >= 0.3 is 0 Å². The van der Waals surface area contributed by atoms with Crippen LogP contribution >= 0.6 is 23.6 Å². The molecule has 3 N–H and O–H groups in total. The van der Waals surface area contributed by atoms with Crippen molar-refractivity contribution in [2.45, 2.75) is 20.4 Å². The average Bonchev–Trinajstić information content (AvgIpc) is 2.73. The highest BCUT2D eigenvalue weighted by atomic mass is 32.1. The molecule has 1 aromatic heterocycles. The fraction of sp³-hybridized carbons (Fsp3) is 0.231.